The summed E-state index contributed by atoms with van der Waals surface area (Å²) in [4.78, 5) is 0. The summed E-state index contributed by atoms with van der Waals surface area (Å²) in [7, 11) is 0. The number of unbranched alkanes of at least 4 members (excludes halogenated alkanes) is 10. The first-order valence-electron chi connectivity index (χ1n) is 9.62. The van der Waals surface area contributed by atoms with Crippen LogP contribution in [-0.2, 0) is 0 Å². The molecule has 0 fully saturated rings. The average molecular weight is 316 g/mol. The molecule has 134 valence electrons. The Morgan fingerprint density at radius 2 is 1.05 bits per heavy atom. The molecule has 1 unspecified atom stereocenters. The predicted octanol–water partition coefficient (Wildman–Crippen LogP) is 4.39. The molecule has 3 heteroatoms. The van der Waals surface area contributed by atoms with Crippen molar-refractivity contribution in [3.05, 3.63) is 0 Å². The lowest BCUT2D eigenvalue weighted by Gasteiger charge is -2.15. The normalized spacial score (nSPS) is 14.5. The van der Waals surface area contributed by atoms with E-state index in [0.29, 0.717) is 0 Å². The van der Waals surface area contributed by atoms with Gasteiger partial charge in [0.2, 0.25) is 0 Å². The van der Waals surface area contributed by atoms with Crippen LogP contribution in [0.1, 0.15) is 97.3 Å². The highest BCUT2D eigenvalue weighted by Gasteiger charge is 2.12. The smallest absolute Gasteiger partial charge is 0.0713 e. The van der Waals surface area contributed by atoms with Crippen molar-refractivity contribution in [3.63, 3.8) is 0 Å². The number of hydrogen-bond donors (Lipinski definition) is 3. The third-order valence-electron chi connectivity index (χ3n) is 4.49. The van der Waals surface area contributed by atoms with Gasteiger partial charge in [-0.15, -0.1) is 0 Å². The van der Waals surface area contributed by atoms with Gasteiger partial charge in [0.1, 0.15) is 0 Å². The molecule has 0 aromatic carbocycles. The van der Waals surface area contributed by atoms with Crippen molar-refractivity contribution >= 4 is 0 Å². The molecule has 2 atom stereocenters. The van der Waals surface area contributed by atoms with Gasteiger partial charge in [0.25, 0.3) is 0 Å². The minimum atomic E-state index is -0.541. The summed E-state index contributed by atoms with van der Waals surface area (Å²) in [6, 6.07) is -0.472. The standard InChI is InChI=1S/C19H41NO2/c1-17(2)14-12-10-8-6-4-3-5-7-9-11-13-15-19(22)18(20)16-21/h17-19,21-22H,3-16,20H2,1-2H3/t18-,19?/m0/s1. The van der Waals surface area contributed by atoms with Crippen molar-refractivity contribution in [2.24, 2.45) is 11.7 Å². The maximum Gasteiger partial charge on any atom is 0.0713 e. The molecular weight excluding hydrogens is 274 g/mol. The number of aliphatic hydroxyl groups is 2. The maximum atomic E-state index is 9.62. The highest BCUT2D eigenvalue weighted by atomic mass is 16.3. The number of rotatable bonds is 16. The van der Waals surface area contributed by atoms with Crippen LogP contribution in [0, 0.1) is 5.92 Å². The number of aliphatic hydroxyl groups excluding tert-OH is 2. The SMILES string of the molecule is CC(C)CCCCCCCCCCCCCC(O)[C@@H](N)CO. The van der Waals surface area contributed by atoms with Gasteiger partial charge in [0, 0.05) is 0 Å². The highest BCUT2D eigenvalue weighted by Crippen LogP contribution is 2.14. The van der Waals surface area contributed by atoms with Crippen molar-refractivity contribution in [2.75, 3.05) is 6.61 Å². The van der Waals surface area contributed by atoms with Gasteiger partial charge in [-0.1, -0.05) is 90.9 Å². The van der Waals surface area contributed by atoms with E-state index in [9.17, 15) is 5.11 Å². The predicted molar refractivity (Wildman–Crippen MR) is 95.9 cm³/mol. The molecule has 0 rings (SSSR count). The molecule has 0 aromatic rings. The third kappa shape index (κ3) is 14.8. The van der Waals surface area contributed by atoms with Crippen LogP contribution in [0.25, 0.3) is 0 Å². The summed E-state index contributed by atoms with van der Waals surface area (Å²) in [5.41, 5.74) is 5.57. The third-order valence-corrected chi connectivity index (χ3v) is 4.49. The van der Waals surface area contributed by atoms with E-state index in [1.807, 2.05) is 0 Å². The van der Waals surface area contributed by atoms with Crippen molar-refractivity contribution in [1.29, 1.82) is 0 Å². The van der Waals surface area contributed by atoms with Crippen molar-refractivity contribution in [2.45, 2.75) is 109 Å². The molecule has 0 amide bonds. The second-order valence-corrected chi connectivity index (χ2v) is 7.27. The van der Waals surface area contributed by atoms with E-state index in [0.717, 1.165) is 18.8 Å². The van der Waals surface area contributed by atoms with Gasteiger partial charge in [0.05, 0.1) is 18.8 Å². The Kier molecular flexibility index (Phi) is 15.7. The zero-order chi connectivity index (χ0) is 16.6. The molecule has 0 aliphatic rings. The second kappa shape index (κ2) is 15.8. The molecule has 22 heavy (non-hydrogen) atoms. The van der Waals surface area contributed by atoms with Crippen LogP contribution in [0.15, 0.2) is 0 Å². The monoisotopic (exact) mass is 315 g/mol. The van der Waals surface area contributed by atoms with E-state index in [1.54, 1.807) is 0 Å². The Bertz CT molecular complexity index is 221. The molecule has 3 nitrogen and oxygen atoms in total. The molecule has 0 bridgehead atoms. The molecule has 4 N–H and O–H groups in total. The molecule has 0 radical (unpaired) electrons. The van der Waals surface area contributed by atoms with Crippen molar-refractivity contribution in [1.82, 2.24) is 0 Å². The molecule has 0 aliphatic heterocycles. The molecule has 0 aromatic heterocycles. The lowest BCUT2D eigenvalue weighted by Crippen LogP contribution is -2.37. The van der Waals surface area contributed by atoms with Gasteiger partial charge in [-0.3, -0.25) is 0 Å². The Morgan fingerprint density at radius 1 is 0.682 bits per heavy atom. The minimum Gasteiger partial charge on any atom is -0.395 e. The minimum absolute atomic E-state index is 0.126. The van der Waals surface area contributed by atoms with Crippen LogP contribution in [0.2, 0.25) is 0 Å². The fourth-order valence-corrected chi connectivity index (χ4v) is 2.83. The van der Waals surface area contributed by atoms with Gasteiger partial charge in [-0.05, 0) is 12.3 Å². The first-order valence-corrected chi connectivity index (χ1v) is 9.62. The Labute approximate surface area is 138 Å². The van der Waals surface area contributed by atoms with E-state index in [2.05, 4.69) is 13.8 Å². The van der Waals surface area contributed by atoms with E-state index < -0.39 is 12.1 Å². The van der Waals surface area contributed by atoms with E-state index in [1.165, 1.54) is 70.6 Å². The van der Waals surface area contributed by atoms with Gasteiger partial charge >= 0.3 is 0 Å². The molecule has 0 heterocycles. The summed E-state index contributed by atoms with van der Waals surface area (Å²) >= 11 is 0. The van der Waals surface area contributed by atoms with Crippen molar-refractivity contribution < 1.29 is 10.2 Å². The lowest BCUT2D eigenvalue weighted by atomic mass is 10.0. The van der Waals surface area contributed by atoms with E-state index in [-0.39, 0.29) is 6.61 Å². The first kappa shape index (κ1) is 21.9. The topological polar surface area (TPSA) is 66.5 Å². The van der Waals surface area contributed by atoms with Crippen LogP contribution in [0.5, 0.6) is 0 Å². The van der Waals surface area contributed by atoms with E-state index >= 15 is 0 Å². The van der Waals surface area contributed by atoms with Gasteiger partial charge < -0.3 is 15.9 Å². The van der Waals surface area contributed by atoms with Crippen LogP contribution in [0.3, 0.4) is 0 Å². The number of nitrogens with two attached hydrogens (primary N) is 1. The van der Waals surface area contributed by atoms with Crippen LogP contribution >= 0.6 is 0 Å². The number of hydrogen-bond acceptors (Lipinski definition) is 3. The average Bonchev–Trinajstić information content (AvgIpc) is 2.50. The summed E-state index contributed by atoms with van der Waals surface area (Å²) in [6.07, 6.45) is 16.1. The second-order valence-electron chi connectivity index (χ2n) is 7.27. The quantitative estimate of drug-likeness (QED) is 0.370. The Hall–Kier alpha value is -0.120. The fourth-order valence-electron chi connectivity index (χ4n) is 2.83. The maximum absolute atomic E-state index is 9.62. The molecule has 0 spiro atoms. The molecular formula is C19H41NO2. The van der Waals surface area contributed by atoms with Crippen LogP contribution in [-0.4, -0.2) is 29.0 Å². The largest absolute Gasteiger partial charge is 0.395 e. The fraction of sp³-hybridized carbons (Fsp3) is 1.00. The summed E-state index contributed by atoms with van der Waals surface area (Å²) < 4.78 is 0. The van der Waals surface area contributed by atoms with Gasteiger partial charge in [0.15, 0.2) is 0 Å². The first-order chi connectivity index (χ1) is 10.6. The summed E-state index contributed by atoms with van der Waals surface area (Å²) in [5.74, 6) is 0.862. The summed E-state index contributed by atoms with van der Waals surface area (Å²) in [6.45, 7) is 4.49. The van der Waals surface area contributed by atoms with Gasteiger partial charge in [-0.2, -0.15) is 0 Å². The van der Waals surface area contributed by atoms with Crippen LogP contribution < -0.4 is 5.73 Å². The van der Waals surface area contributed by atoms with Crippen molar-refractivity contribution in [3.8, 4) is 0 Å². The zero-order valence-corrected chi connectivity index (χ0v) is 15.1. The van der Waals surface area contributed by atoms with E-state index in [4.69, 9.17) is 10.8 Å². The molecule has 0 saturated heterocycles. The zero-order valence-electron chi connectivity index (χ0n) is 15.1. The lowest BCUT2D eigenvalue weighted by molar-refractivity contribution is 0.0990. The van der Waals surface area contributed by atoms with Crippen LogP contribution in [0.4, 0.5) is 0 Å². The summed E-state index contributed by atoms with van der Waals surface area (Å²) in [5, 5.41) is 18.5. The van der Waals surface area contributed by atoms with Gasteiger partial charge in [-0.25, -0.2) is 0 Å². The molecule has 0 saturated carbocycles. The Balaban J connectivity index is 3.11. The highest BCUT2D eigenvalue weighted by molar-refractivity contribution is 4.70. The Morgan fingerprint density at radius 3 is 1.41 bits per heavy atom. The molecule has 0 aliphatic carbocycles.